The van der Waals surface area contributed by atoms with Gasteiger partial charge in [-0.1, -0.05) is 31.0 Å². The Labute approximate surface area is 132 Å². The lowest BCUT2D eigenvalue weighted by molar-refractivity contribution is 0.0473. The Balaban J connectivity index is 1.48. The van der Waals surface area contributed by atoms with Crippen LogP contribution >= 0.6 is 11.8 Å². The zero-order valence-electron chi connectivity index (χ0n) is 13.0. The Morgan fingerprint density at radius 1 is 1.29 bits per heavy atom. The normalized spacial score (nSPS) is 31.7. The molecule has 1 aliphatic carbocycles. The summed E-state index contributed by atoms with van der Waals surface area (Å²) in [6.07, 6.45) is 6.90. The summed E-state index contributed by atoms with van der Waals surface area (Å²) in [7, 11) is 0. The second kappa shape index (κ2) is 5.60. The van der Waals surface area contributed by atoms with Crippen molar-refractivity contribution >= 4 is 11.8 Å². The van der Waals surface area contributed by atoms with Crippen LogP contribution in [0.3, 0.4) is 0 Å². The standard InChI is InChI=1S/C18H26N2S/c1-14-11-20(18(13-19-14)8-4-5-9-18)12-16-10-15-6-2-3-7-17(15)21-16/h2-3,6-7,14,16,19H,4-5,8-13H2,1H3. The van der Waals surface area contributed by atoms with E-state index in [1.54, 1.807) is 5.56 Å². The van der Waals surface area contributed by atoms with Crippen LogP contribution in [0, 0.1) is 0 Å². The first kappa shape index (κ1) is 14.1. The van der Waals surface area contributed by atoms with Gasteiger partial charge < -0.3 is 5.32 Å². The lowest BCUT2D eigenvalue weighted by atomic mass is 9.90. The van der Waals surface area contributed by atoms with Crippen LogP contribution in [0.15, 0.2) is 29.2 Å². The molecule has 0 radical (unpaired) electrons. The molecule has 2 heterocycles. The molecule has 114 valence electrons. The van der Waals surface area contributed by atoms with E-state index < -0.39 is 0 Å². The lowest BCUT2D eigenvalue weighted by Gasteiger charge is -2.48. The second-order valence-corrected chi connectivity index (χ2v) is 8.51. The van der Waals surface area contributed by atoms with Gasteiger partial charge in [0.2, 0.25) is 0 Å². The topological polar surface area (TPSA) is 15.3 Å². The van der Waals surface area contributed by atoms with Crippen molar-refractivity contribution in [2.24, 2.45) is 0 Å². The van der Waals surface area contributed by atoms with E-state index in [9.17, 15) is 0 Å². The Morgan fingerprint density at radius 3 is 2.90 bits per heavy atom. The van der Waals surface area contributed by atoms with Gasteiger partial charge in [-0.15, -0.1) is 11.8 Å². The third-order valence-electron chi connectivity index (χ3n) is 5.62. The summed E-state index contributed by atoms with van der Waals surface area (Å²) in [4.78, 5) is 4.37. The fourth-order valence-corrected chi connectivity index (χ4v) is 5.80. The van der Waals surface area contributed by atoms with Crippen molar-refractivity contribution in [3.8, 4) is 0 Å². The highest BCUT2D eigenvalue weighted by Gasteiger charge is 2.43. The van der Waals surface area contributed by atoms with Gasteiger partial charge in [0.25, 0.3) is 0 Å². The van der Waals surface area contributed by atoms with Crippen LogP contribution in [-0.2, 0) is 6.42 Å². The Hall–Kier alpha value is -0.510. The van der Waals surface area contributed by atoms with Crippen LogP contribution < -0.4 is 5.32 Å². The molecule has 1 saturated carbocycles. The predicted octanol–water partition coefficient (Wildman–Crippen LogP) is 3.31. The highest BCUT2D eigenvalue weighted by Crippen LogP contribution is 2.41. The summed E-state index contributed by atoms with van der Waals surface area (Å²) < 4.78 is 0. The minimum Gasteiger partial charge on any atom is -0.311 e. The molecule has 1 saturated heterocycles. The van der Waals surface area contributed by atoms with Crippen molar-refractivity contribution < 1.29 is 0 Å². The Bertz CT molecular complexity index is 485. The van der Waals surface area contributed by atoms with Crippen LogP contribution in [0.4, 0.5) is 0 Å². The van der Waals surface area contributed by atoms with Crippen LogP contribution in [0.2, 0.25) is 0 Å². The van der Waals surface area contributed by atoms with Crippen molar-refractivity contribution in [3.05, 3.63) is 29.8 Å². The molecule has 2 nitrogen and oxygen atoms in total. The molecular formula is C18H26N2S. The maximum Gasteiger partial charge on any atom is 0.0335 e. The number of rotatable bonds is 2. The first-order valence-electron chi connectivity index (χ1n) is 8.48. The molecule has 4 rings (SSSR count). The molecule has 1 spiro atoms. The number of piperazine rings is 1. The van der Waals surface area contributed by atoms with E-state index in [1.165, 1.54) is 56.6 Å². The Morgan fingerprint density at radius 2 is 2.10 bits per heavy atom. The number of nitrogens with zero attached hydrogens (tertiary/aromatic N) is 1. The van der Waals surface area contributed by atoms with Gasteiger partial charge in [0, 0.05) is 41.4 Å². The molecule has 0 amide bonds. The minimum atomic E-state index is 0.474. The number of fused-ring (bicyclic) bond motifs is 1. The maximum absolute atomic E-state index is 3.74. The summed E-state index contributed by atoms with van der Waals surface area (Å²) in [5.41, 5.74) is 2.04. The summed E-state index contributed by atoms with van der Waals surface area (Å²) in [5.74, 6) is 0. The summed E-state index contributed by atoms with van der Waals surface area (Å²) in [5, 5.41) is 4.49. The largest absolute Gasteiger partial charge is 0.311 e. The van der Waals surface area contributed by atoms with Gasteiger partial charge in [-0.25, -0.2) is 0 Å². The third-order valence-corrected chi connectivity index (χ3v) is 6.92. The molecule has 2 atom stereocenters. The van der Waals surface area contributed by atoms with Gasteiger partial charge in [-0.2, -0.15) is 0 Å². The van der Waals surface area contributed by atoms with Crippen molar-refractivity contribution in [1.29, 1.82) is 0 Å². The van der Waals surface area contributed by atoms with E-state index in [1.807, 2.05) is 0 Å². The van der Waals surface area contributed by atoms with Gasteiger partial charge in [-0.3, -0.25) is 4.90 Å². The lowest BCUT2D eigenvalue weighted by Crippen LogP contribution is -2.63. The van der Waals surface area contributed by atoms with E-state index in [4.69, 9.17) is 0 Å². The van der Waals surface area contributed by atoms with Gasteiger partial charge in [-0.05, 0) is 37.8 Å². The molecule has 1 aromatic carbocycles. The zero-order chi connectivity index (χ0) is 14.3. The molecule has 0 bridgehead atoms. The zero-order valence-corrected chi connectivity index (χ0v) is 13.8. The van der Waals surface area contributed by atoms with Crippen molar-refractivity contribution in [2.75, 3.05) is 19.6 Å². The number of benzene rings is 1. The quantitative estimate of drug-likeness (QED) is 0.902. The molecule has 0 aromatic heterocycles. The van der Waals surface area contributed by atoms with Crippen molar-refractivity contribution in [3.63, 3.8) is 0 Å². The van der Waals surface area contributed by atoms with Gasteiger partial charge in [0.05, 0.1) is 0 Å². The SMILES string of the molecule is CC1CN(CC2Cc3ccccc3S2)C2(CCCC2)CN1. The number of hydrogen-bond donors (Lipinski definition) is 1. The van der Waals surface area contributed by atoms with E-state index in [0.29, 0.717) is 11.6 Å². The highest BCUT2D eigenvalue weighted by atomic mass is 32.2. The van der Waals surface area contributed by atoms with Gasteiger partial charge in [0.1, 0.15) is 0 Å². The molecule has 2 aliphatic heterocycles. The average molecular weight is 302 g/mol. The summed E-state index contributed by atoms with van der Waals surface area (Å²) in [6.45, 7) is 6.04. The molecule has 1 N–H and O–H groups in total. The molecule has 21 heavy (non-hydrogen) atoms. The number of thioether (sulfide) groups is 1. The van der Waals surface area contributed by atoms with E-state index >= 15 is 0 Å². The smallest absolute Gasteiger partial charge is 0.0335 e. The molecule has 3 aliphatic rings. The predicted molar refractivity (Wildman–Crippen MR) is 90.0 cm³/mol. The Kier molecular flexibility index (Phi) is 3.76. The minimum absolute atomic E-state index is 0.474. The van der Waals surface area contributed by atoms with Gasteiger partial charge >= 0.3 is 0 Å². The van der Waals surface area contributed by atoms with Crippen molar-refractivity contribution in [1.82, 2.24) is 10.2 Å². The molecule has 2 fully saturated rings. The van der Waals surface area contributed by atoms with E-state index in [-0.39, 0.29) is 0 Å². The van der Waals surface area contributed by atoms with Crippen molar-refractivity contribution in [2.45, 2.75) is 60.8 Å². The molecule has 3 heteroatoms. The summed E-state index contributed by atoms with van der Waals surface area (Å²) in [6, 6.07) is 9.62. The molecule has 2 unspecified atom stereocenters. The highest BCUT2D eigenvalue weighted by molar-refractivity contribution is 8.00. The molecule has 1 aromatic rings. The van der Waals surface area contributed by atoms with Crippen LogP contribution in [0.25, 0.3) is 0 Å². The van der Waals surface area contributed by atoms with Crippen LogP contribution in [0.1, 0.15) is 38.2 Å². The summed E-state index contributed by atoms with van der Waals surface area (Å²) >= 11 is 2.11. The number of hydrogen-bond acceptors (Lipinski definition) is 3. The van der Waals surface area contributed by atoms with Crippen LogP contribution in [0.5, 0.6) is 0 Å². The molecular weight excluding hydrogens is 276 g/mol. The fraction of sp³-hybridized carbons (Fsp3) is 0.667. The van der Waals surface area contributed by atoms with Gasteiger partial charge in [0.15, 0.2) is 0 Å². The third kappa shape index (κ3) is 2.64. The first-order valence-corrected chi connectivity index (χ1v) is 9.36. The van der Waals surface area contributed by atoms with E-state index in [0.717, 1.165) is 5.25 Å². The fourth-order valence-electron chi connectivity index (χ4n) is 4.46. The number of nitrogens with one attached hydrogen (secondary N) is 1. The monoisotopic (exact) mass is 302 g/mol. The van der Waals surface area contributed by atoms with Crippen LogP contribution in [-0.4, -0.2) is 41.4 Å². The van der Waals surface area contributed by atoms with E-state index in [2.05, 4.69) is 53.2 Å². The average Bonchev–Trinajstić information content (AvgIpc) is 3.10. The second-order valence-electron chi connectivity index (χ2n) is 7.17. The maximum atomic E-state index is 3.74. The first-order chi connectivity index (χ1) is 10.3.